The van der Waals surface area contributed by atoms with E-state index in [2.05, 4.69) is 6.58 Å². The van der Waals surface area contributed by atoms with E-state index < -0.39 is 0 Å². The Kier molecular flexibility index (Phi) is 2.63. The van der Waals surface area contributed by atoms with Crippen molar-refractivity contribution < 1.29 is 4.92 Å². The van der Waals surface area contributed by atoms with Gasteiger partial charge >= 0.3 is 0 Å². The van der Waals surface area contributed by atoms with Crippen LogP contribution in [0.2, 0.25) is 0 Å². The molecule has 0 amide bonds. The molecule has 66 valence electrons. The van der Waals surface area contributed by atoms with Crippen LogP contribution in [-0.2, 0) is 0 Å². The van der Waals surface area contributed by atoms with E-state index in [0.29, 0.717) is 6.42 Å². The standard InChI is InChI=1S/C9H13NO2/c1-7-3-4-9(7)8(2)5-6-10(11)12/h1,3-6H2,2H3/b9-8+. The molecule has 1 aliphatic carbocycles. The Morgan fingerprint density at radius 1 is 1.67 bits per heavy atom. The van der Waals surface area contributed by atoms with Gasteiger partial charge in [0.1, 0.15) is 0 Å². The Morgan fingerprint density at radius 3 is 2.67 bits per heavy atom. The maximum absolute atomic E-state index is 10.1. The third kappa shape index (κ3) is 1.94. The highest BCUT2D eigenvalue weighted by Crippen LogP contribution is 2.34. The van der Waals surface area contributed by atoms with E-state index in [1.807, 2.05) is 6.92 Å². The number of hydrogen-bond acceptors (Lipinski definition) is 2. The molecule has 0 aromatic rings. The second kappa shape index (κ2) is 3.52. The Hall–Kier alpha value is -1.12. The summed E-state index contributed by atoms with van der Waals surface area (Å²) >= 11 is 0. The first-order chi connectivity index (χ1) is 5.61. The second-order valence-electron chi connectivity index (χ2n) is 3.17. The molecule has 12 heavy (non-hydrogen) atoms. The second-order valence-corrected chi connectivity index (χ2v) is 3.17. The van der Waals surface area contributed by atoms with Crippen LogP contribution < -0.4 is 0 Å². The summed E-state index contributed by atoms with van der Waals surface area (Å²) in [7, 11) is 0. The fourth-order valence-electron chi connectivity index (χ4n) is 1.35. The smallest absolute Gasteiger partial charge is 0.207 e. The maximum atomic E-state index is 10.1. The predicted molar refractivity (Wildman–Crippen MR) is 47.6 cm³/mol. The molecule has 0 radical (unpaired) electrons. The van der Waals surface area contributed by atoms with Crippen LogP contribution >= 0.6 is 0 Å². The highest BCUT2D eigenvalue weighted by Gasteiger charge is 2.16. The zero-order valence-corrected chi connectivity index (χ0v) is 7.30. The van der Waals surface area contributed by atoms with E-state index in [9.17, 15) is 10.1 Å². The van der Waals surface area contributed by atoms with E-state index >= 15 is 0 Å². The monoisotopic (exact) mass is 167 g/mol. The molecule has 1 aliphatic rings. The number of allylic oxidation sites excluding steroid dienone is 2. The molecule has 0 unspecified atom stereocenters. The van der Waals surface area contributed by atoms with Gasteiger partial charge in [-0.3, -0.25) is 10.1 Å². The summed E-state index contributed by atoms with van der Waals surface area (Å²) in [4.78, 5) is 9.80. The predicted octanol–water partition coefficient (Wildman–Crippen LogP) is 2.32. The van der Waals surface area contributed by atoms with Gasteiger partial charge in [0.05, 0.1) is 0 Å². The van der Waals surface area contributed by atoms with Crippen LogP contribution in [0.4, 0.5) is 0 Å². The molecule has 0 aromatic heterocycles. The zero-order chi connectivity index (χ0) is 9.14. The van der Waals surface area contributed by atoms with Gasteiger partial charge in [0.25, 0.3) is 0 Å². The highest BCUT2D eigenvalue weighted by molar-refractivity contribution is 5.40. The van der Waals surface area contributed by atoms with E-state index in [1.54, 1.807) is 0 Å². The Morgan fingerprint density at radius 2 is 2.33 bits per heavy atom. The Balaban J connectivity index is 2.46. The van der Waals surface area contributed by atoms with Gasteiger partial charge in [-0.1, -0.05) is 17.7 Å². The minimum Gasteiger partial charge on any atom is -0.265 e. The lowest BCUT2D eigenvalue weighted by atomic mass is 9.83. The topological polar surface area (TPSA) is 43.1 Å². The normalized spacial score (nSPS) is 20.2. The Labute approximate surface area is 71.9 Å². The van der Waals surface area contributed by atoms with Gasteiger partial charge in [-0.05, 0) is 25.3 Å². The average Bonchev–Trinajstić information content (AvgIpc) is 1.98. The first kappa shape index (κ1) is 8.97. The minimum absolute atomic E-state index is 0.0443. The van der Waals surface area contributed by atoms with Crippen LogP contribution in [0.5, 0.6) is 0 Å². The van der Waals surface area contributed by atoms with Crippen LogP contribution in [0.15, 0.2) is 23.3 Å². The molecule has 0 aromatic carbocycles. The molecule has 0 N–H and O–H groups in total. The first-order valence-corrected chi connectivity index (χ1v) is 4.10. The van der Waals surface area contributed by atoms with Crippen LogP contribution in [0, 0.1) is 10.1 Å². The molecule has 1 rings (SSSR count). The van der Waals surface area contributed by atoms with Gasteiger partial charge < -0.3 is 0 Å². The van der Waals surface area contributed by atoms with Gasteiger partial charge in [-0.2, -0.15) is 0 Å². The highest BCUT2D eigenvalue weighted by atomic mass is 16.6. The minimum atomic E-state index is -0.272. The summed E-state index contributed by atoms with van der Waals surface area (Å²) in [6, 6.07) is 0. The van der Waals surface area contributed by atoms with E-state index in [0.717, 1.165) is 24.0 Å². The molecule has 3 nitrogen and oxygen atoms in total. The van der Waals surface area contributed by atoms with Crippen LogP contribution in [0.25, 0.3) is 0 Å². The van der Waals surface area contributed by atoms with Crippen molar-refractivity contribution >= 4 is 0 Å². The molecule has 1 saturated carbocycles. The van der Waals surface area contributed by atoms with Gasteiger partial charge in [0, 0.05) is 11.3 Å². The van der Waals surface area contributed by atoms with Crippen molar-refractivity contribution in [3.8, 4) is 0 Å². The van der Waals surface area contributed by atoms with Crippen molar-refractivity contribution in [1.82, 2.24) is 0 Å². The SMILES string of the molecule is C=C1CC/C1=C(/C)CC[N+](=O)[O-]. The van der Waals surface area contributed by atoms with Gasteiger partial charge in [-0.15, -0.1) is 0 Å². The summed E-state index contributed by atoms with van der Waals surface area (Å²) in [6.07, 6.45) is 2.69. The molecule has 0 atom stereocenters. The number of nitro groups is 1. The van der Waals surface area contributed by atoms with Crippen molar-refractivity contribution in [3.63, 3.8) is 0 Å². The fraction of sp³-hybridized carbons (Fsp3) is 0.556. The largest absolute Gasteiger partial charge is 0.265 e. The van der Waals surface area contributed by atoms with Crippen molar-refractivity contribution in [2.24, 2.45) is 0 Å². The molecular formula is C9H13NO2. The molecule has 0 spiro atoms. The fourth-order valence-corrected chi connectivity index (χ4v) is 1.35. The number of nitrogens with zero attached hydrogens (tertiary/aromatic N) is 1. The molecule has 1 fully saturated rings. The molecular weight excluding hydrogens is 154 g/mol. The first-order valence-electron chi connectivity index (χ1n) is 4.10. The number of rotatable bonds is 3. The molecule has 0 saturated heterocycles. The van der Waals surface area contributed by atoms with Gasteiger partial charge in [0.2, 0.25) is 6.54 Å². The van der Waals surface area contributed by atoms with Crippen molar-refractivity contribution in [2.45, 2.75) is 26.2 Å². The average molecular weight is 167 g/mol. The lowest BCUT2D eigenvalue weighted by Crippen LogP contribution is -2.07. The van der Waals surface area contributed by atoms with Crippen molar-refractivity contribution in [2.75, 3.05) is 6.54 Å². The summed E-state index contributed by atoms with van der Waals surface area (Å²) < 4.78 is 0. The third-order valence-electron chi connectivity index (χ3n) is 2.29. The Bertz CT molecular complexity index is 253. The van der Waals surface area contributed by atoms with E-state index in [-0.39, 0.29) is 11.5 Å². The van der Waals surface area contributed by atoms with E-state index in [4.69, 9.17) is 0 Å². The van der Waals surface area contributed by atoms with Crippen molar-refractivity contribution in [3.05, 3.63) is 33.4 Å². The molecule has 0 heterocycles. The summed E-state index contributed by atoms with van der Waals surface area (Å²) in [5.74, 6) is 0. The summed E-state index contributed by atoms with van der Waals surface area (Å²) in [6.45, 7) is 5.87. The molecule has 3 heteroatoms. The summed E-state index contributed by atoms with van der Waals surface area (Å²) in [5.41, 5.74) is 3.57. The lowest BCUT2D eigenvalue weighted by Gasteiger charge is -2.23. The van der Waals surface area contributed by atoms with E-state index in [1.165, 1.54) is 5.57 Å². The summed E-state index contributed by atoms with van der Waals surface area (Å²) in [5, 5.41) is 10.1. The zero-order valence-electron chi connectivity index (χ0n) is 7.30. The number of hydrogen-bond donors (Lipinski definition) is 0. The van der Waals surface area contributed by atoms with Crippen LogP contribution in [0.1, 0.15) is 26.2 Å². The van der Waals surface area contributed by atoms with Crippen LogP contribution in [-0.4, -0.2) is 11.5 Å². The van der Waals surface area contributed by atoms with Gasteiger partial charge in [-0.25, -0.2) is 0 Å². The quantitative estimate of drug-likeness (QED) is 0.478. The van der Waals surface area contributed by atoms with Crippen LogP contribution in [0.3, 0.4) is 0 Å². The molecule has 0 bridgehead atoms. The lowest BCUT2D eigenvalue weighted by molar-refractivity contribution is -0.479. The molecule has 0 aliphatic heterocycles. The van der Waals surface area contributed by atoms with Crippen molar-refractivity contribution in [1.29, 1.82) is 0 Å². The third-order valence-corrected chi connectivity index (χ3v) is 2.29. The van der Waals surface area contributed by atoms with Gasteiger partial charge in [0.15, 0.2) is 0 Å². The maximum Gasteiger partial charge on any atom is 0.207 e.